The lowest BCUT2D eigenvalue weighted by Gasteiger charge is -2.10. The van der Waals surface area contributed by atoms with Crippen molar-refractivity contribution in [2.24, 2.45) is 0 Å². The first-order valence-electron chi connectivity index (χ1n) is 8.21. The summed E-state index contributed by atoms with van der Waals surface area (Å²) in [5.74, 6) is -0.828. The van der Waals surface area contributed by atoms with E-state index in [2.05, 4.69) is 16.8 Å². The van der Waals surface area contributed by atoms with Crippen molar-refractivity contribution in [3.8, 4) is 0 Å². The summed E-state index contributed by atoms with van der Waals surface area (Å²) < 4.78 is 2.06. The molecule has 1 heterocycles. The molecule has 2 rings (SSSR count). The Kier molecular flexibility index (Phi) is 6.20. The maximum Gasteiger partial charge on any atom is 0.303 e. The molecule has 2 N–H and O–H groups in total. The summed E-state index contributed by atoms with van der Waals surface area (Å²) in [4.78, 5) is 22.9. The van der Waals surface area contributed by atoms with Gasteiger partial charge in [-0.25, -0.2) is 0 Å². The normalized spacial score (nSPS) is 10.8. The van der Waals surface area contributed by atoms with Crippen molar-refractivity contribution in [2.45, 2.75) is 45.6 Å². The number of carboxylic acid groups (broad SMARTS) is 1. The number of nitrogens with one attached hydrogen (secondary N) is 1. The molecule has 0 aliphatic carbocycles. The molecule has 23 heavy (non-hydrogen) atoms. The largest absolute Gasteiger partial charge is 0.481 e. The van der Waals surface area contributed by atoms with Crippen molar-refractivity contribution in [1.29, 1.82) is 0 Å². The first-order valence-corrected chi connectivity index (χ1v) is 8.21. The molecule has 1 aromatic heterocycles. The Morgan fingerprint density at radius 3 is 2.70 bits per heavy atom. The molecule has 0 unspecified atom stereocenters. The summed E-state index contributed by atoms with van der Waals surface area (Å²) in [6, 6.07) is 9.95. The number of hydrogen-bond acceptors (Lipinski definition) is 2. The fourth-order valence-corrected chi connectivity index (χ4v) is 2.73. The topological polar surface area (TPSA) is 71.3 Å². The van der Waals surface area contributed by atoms with E-state index in [9.17, 15) is 9.59 Å². The first-order chi connectivity index (χ1) is 11.1. The minimum Gasteiger partial charge on any atom is -0.481 e. The number of aliphatic carboxylic acids is 1. The van der Waals surface area contributed by atoms with E-state index in [1.54, 1.807) is 0 Å². The number of aryl methyl sites for hydroxylation is 1. The van der Waals surface area contributed by atoms with E-state index >= 15 is 0 Å². The molecule has 1 amide bonds. The zero-order chi connectivity index (χ0) is 16.7. The van der Waals surface area contributed by atoms with Crippen LogP contribution in [0.25, 0.3) is 10.9 Å². The van der Waals surface area contributed by atoms with Crippen LogP contribution in [0.4, 0.5) is 0 Å². The zero-order valence-electron chi connectivity index (χ0n) is 13.5. The van der Waals surface area contributed by atoms with Crippen LogP contribution in [0.3, 0.4) is 0 Å². The Hall–Kier alpha value is -2.30. The van der Waals surface area contributed by atoms with E-state index < -0.39 is 5.97 Å². The van der Waals surface area contributed by atoms with Gasteiger partial charge >= 0.3 is 5.97 Å². The fraction of sp³-hybridized carbons (Fsp3) is 0.444. The number of carbonyl (C=O) groups excluding carboxylic acids is 1. The Morgan fingerprint density at radius 2 is 1.96 bits per heavy atom. The second kappa shape index (κ2) is 8.36. The van der Waals surface area contributed by atoms with Crippen LogP contribution in [0.1, 0.15) is 49.5 Å². The highest BCUT2D eigenvalue weighted by atomic mass is 16.4. The van der Waals surface area contributed by atoms with Gasteiger partial charge in [-0.05, 0) is 31.4 Å². The van der Waals surface area contributed by atoms with Crippen LogP contribution in [0, 0.1) is 0 Å². The number of nitrogens with zero attached hydrogens (tertiary/aromatic N) is 1. The van der Waals surface area contributed by atoms with Crippen LogP contribution in [-0.4, -0.2) is 28.1 Å². The van der Waals surface area contributed by atoms with Gasteiger partial charge in [0.25, 0.3) is 5.91 Å². The SMILES string of the molecule is CCCn1c(C(=O)NCCCCCC(=O)O)cc2ccccc21. The molecule has 0 spiro atoms. The molecule has 0 bridgehead atoms. The summed E-state index contributed by atoms with van der Waals surface area (Å²) in [7, 11) is 0. The maximum absolute atomic E-state index is 12.4. The maximum atomic E-state index is 12.4. The van der Waals surface area contributed by atoms with Crippen LogP contribution in [0.15, 0.2) is 30.3 Å². The number of fused-ring (bicyclic) bond motifs is 1. The molecule has 0 saturated carbocycles. The lowest BCUT2D eigenvalue weighted by atomic mass is 10.2. The third kappa shape index (κ3) is 4.58. The molecule has 0 atom stereocenters. The molecular weight excluding hydrogens is 292 g/mol. The average molecular weight is 316 g/mol. The van der Waals surface area contributed by atoms with Gasteiger partial charge in [0, 0.05) is 30.4 Å². The highest BCUT2D eigenvalue weighted by Gasteiger charge is 2.14. The lowest BCUT2D eigenvalue weighted by Crippen LogP contribution is -2.26. The monoisotopic (exact) mass is 316 g/mol. The first kappa shape index (κ1) is 17.1. The number of para-hydroxylation sites is 1. The van der Waals surface area contributed by atoms with Gasteiger partial charge in [-0.3, -0.25) is 9.59 Å². The summed E-state index contributed by atoms with van der Waals surface area (Å²) in [5.41, 5.74) is 1.78. The highest BCUT2D eigenvalue weighted by molar-refractivity contribution is 5.98. The smallest absolute Gasteiger partial charge is 0.303 e. The number of carboxylic acids is 1. The molecule has 0 aliphatic rings. The standard InChI is InChI=1S/C18H24N2O3/c1-2-12-20-15-9-6-5-8-14(15)13-16(20)18(23)19-11-7-3-4-10-17(21)22/h5-6,8-9,13H,2-4,7,10-12H2,1H3,(H,19,23)(H,21,22). The Balaban J connectivity index is 1.95. The molecule has 1 aromatic carbocycles. The predicted molar refractivity (Wildman–Crippen MR) is 90.7 cm³/mol. The molecule has 0 fully saturated rings. The summed E-state index contributed by atoms with van der Waals surface area (Å²) in [5, 5.41) is 12.6. The van der Waals surface area contributed by atoms with Crippen molar-refractivity contribution >= 4 is 22.8 Å². The third-order valence-corrected chi connectivity index (χ3v) is 3.84. The van der Waals surface area contributed by atoms with Crippen molar-refractivity contribution < 1.29 is 14.7 Å². The molecule has 124 valence electrons. The number of unbranched alkanes of at least 4 members (excludes halogenated alkanes) is 2. The van der Waals surface area contributed by atoms with Crippen LogP contribution < -0.4 is 5.32 Å². The molecule has 0 saturated heterocycles. The molecule has 2 aromatic rings. The average Bonchev–Trinajstić information content (AvgIpc) is 2.90. The Labute approximate surface area is 136 Å². The van der Waals surface area contributed by atoms with Gasteiger partial charge in [0.1, 0.15) is 5.69 Å². The van der Waals surface area contributed by atoms with Crippen molar-refractivity contribution in [2.75, 3.05) is 6.54 Å². The molecule has 5 nitrogen and oxygen atoms in total. The molecule has 5 heteroatoms. The molecular formula is C18H24N2O3. The predicted octanol–water partition coefficient (Wildman–Crippen LogP) is 3.43. The molecule has 0 radical (unpaired) electrons. The van der Waals surface area contributed by atoms with Crippen LogP contribution in [-0.2, 0) is 11.3 Å². The van der Waals surface area contributed by atoms with Crippen molar-refractivity contribution in [3.05, 3.63) is 36.0 Å². The van der Waals surface area contributed by atoms with Gasteiger partial charge in [-0.15, -0.1) is 0 Å². The van der Waals surface area contributed by atoms with Gasteiger partial charge in [0.2, 0.25) is 0 Å². The van der Waals surface area contributed by atoms with Crippen molar-refractivity contribution in [3.63, 3.8) is 0 Å². The zero-order valence-corrected chi connectivity index (χ0v) is 13.5. The van der Waals surface area contributed by atoms with Gasteiger partial charge in [-0.2, -0.15) is 0 Å². The lowest BCUT2D eigenvalue weighted by molar-refractivity contribution is -0.137. The van der Waals surface area contributed by atoms with E-state index in [0.717, 1.165) is 36.7 Å². The van der Waals surface area contributed by atoms with E-state index in [1.165, 1.54) is 0 Å². The number of aromatic nitrogens is 1. The Morgan fingerprint density at radius 1 is 1.17 bits per heavy atom. The second-order valence-corrected chi connectivity index (χ2v) is 5.70. The third-order valence-electron chi connectivity index (χ3n) is 3.84. The van der Waals surface area contributed by atoms with Gasteiger partial charge in [-0.1, -0.05) is 31.5 Å². The summed E-state index contributed by atoms with van der Waals surface area (Å²) in [6.07, 6.45) is 3.42. The number of rotatable bonds is 9. The number of hydrogen-bond donors (Lipinski definition) is 2. The van der Waals surface area contributed by atoms with E-state index in [-0.39, 0.29) is 12.3 Å². The van der Waals surface area contributed by atoms with E-state index in [0.29, 0.717) is 18.7 Å². The fourth-order valence-electron chi connectivity index (χ4n) is 2.73. The summed E-state index contributed by atoms with van der Waals surface area (Å²) in [6.45, 7) is 3.49. The number of carbonyl (C=O) groups is 2. The highest BCUT2D eigenvalue weighted by Crippen LogP contribution is 2.20. The van der Waals surface area contributed by atoms with E-state index in [4.69, 9.17) is 5.11 Å². The molecule has 0 aliphatic heterocycles. The second-order valence-electron chi connectivity index (χ2n) is 5.70. The van der Waals surface area contributed by atoms with Crippen LogP contribution >= 0.6 is 0 Å². The minimum atomic E-state index is -0.766. The van der Waals surface area contributed by atoms with Crippen LogP contribution in [0.2, 0.25) is 0 Å². The van der Waals surface area contributed by atoms with Crippen LogP contribution in [0.5, 0.6) is 0 Å². The van der Waals surface area contributed by atoms with Gasteiger partial charge in [0.15, 0.2) is 0 Å². The van der Waals surface area contributed by atoms with Gasteiger partial charge in [0.05, 0.1) is 0 Å². The number of amides is 1. The van der Waals surface area contributed by atoms with E-state index in [1.807, 2.05) is 30.3 Å². The number of benzene rings is 1. The summed E-state index contributed by atoms with van der Waals surface area (Å²) >= 11 is 0. The van der Waals surface area contributed by atoms with Crippen molar-refractivity contribution in [1.82, 2.24) is 9.88 Å². The quantitative estimate of drug-likeness (QED) is 0.696. The minimum absolute atomic E-state index is 0.0621. The van der Waals surface area contributed by atoms with Gasteiger partial charge < -0.3 is 15.0 Å². The Bertz CT molecular complexity index is 676.